The van der Waals surface area contributed by atoms with Crippen molar-refractivity contribution in [3.05, 3.63) is 58.8 Å². The number of phenols is 1. The molecule has 1 fully saturated rings. The highest BCUT2D eigenvalue weighted by atomic mass is 32.2. The highest BCUT2D eigenvalue weighted by Gasteiger charge is 2.48. The van der Waals surface area contributed by atoms with Gasteiger partial charge >= 0.3 is 0 Å². The van der Waals surface area contributed by atoms with E-state index in [4.69, 9.17) is 9.47 Å². The Balaban J connectivity index is 1.68. The molecule has 0 bridgehead atoms. The molecule has 1 aromatic heterocycles. The van der Waals surface area contributed by atoms with E-state index in [9.17, 15) is 18.3 Å². The molecule has 10 heteroatoms. The van der Waals surface area contributed by atoms with E-state index in [0.29, 0.717) is 53.6 Å². The molecule has 0 radical (unpaired) electrons. The minimum Gasteiger partial charge on any atom is -0.507 e. The fraction of sp³-hybridized carbons (Fsp3) is 0.407. The number of aromatic hydroxyl groups is 1. The molecule has 1 amide bonds. The lowest BCUT2D eigenvalue weighted by atomic mass is 9.94. The van der Waals surface area contributed by atoms with Gasteiger partial charge in [0.15, 0.2) is 21.3 Å². The molecule has 5 rings (SSSR count). The Kier molecular flexibility index (Phi) is 6.61. The molecule has 0 spiro atoms. The van der Waals surface area contributed by atoms with E-state index in [1.807, 2.05) is 45.0 Å². The predicted molar refractivity (Wildman–Crippen MR) is 139 cm³/mol. The van der Waals surface area contributed by atoms with E-state index in [-0.39, 0.29) is 23.2 Å². The van der Waals surface area contributed by atoms with Crippen molar-refractivity contribution in [2.75, 3.05) is 24.7 Å². The Morgan fingerprint density at radius 1 is 1.14 bits per heavy atom. The van der Waals surface area contributed by atoms with Crippen molar-refractivity contribution in [1.82, 2.24) is 15.1 Å². The van der Waals surface area contributed by atoms with Crippen LogP contribution in [0, 0.1) is 6.92 Å². The van der Waals surface area contributed by atoms with E-state index in [2.05, 4.69) is 10.2 Å². The molecule has 2 aliphatic rings. The van der Waals surface area contributed by atoms with Crippen LogP contribution in [-0.2, 0) is 9.84 Å². The van der Waals surface area contributed by atoms with Crippen molar-refractivity contribution in [2.45, 2.75) is 45.7 Å². The van der Waals surface area contributed by atoms with Gasteiger partial charge in [0.05, 0.1) is 30.8 Å². The van der Waals surface area contributed by atoms with E-state index >= 15 is 0 Å². The van der Waals surface area contributed by atoms with Gasteiger partial charge in [-0.1, -0.05) is 24.6 Å². The van der Waals surface area contributed by atoms with Crippen LogP contribution in [0.3, 0.4) is 0 Å². The van der Waals surface area contributed by atoms with Crippen molar-refractivity contribution in [3.63, 3.8) is 0 Å². The van der Waals surface area contributed by atoms with E-state index < -0.39 is 21.9 Å². The number of carbonyl (C=O) groups is 1. The first-order chi connectivity index (χ1) is 17.7. The summed E-state index contributed by atoms with van der Waals surface area (Å²) in [5, 5.41) is 18.0. The minimum atomic E-state index is -3.25. The zero-order chi connectivity index (χ0) is 26.3. The molecular weight excluding hydrogens is 494 g/mol. The predicted octanol–water partition coefficient (Wildman–Crippen LogP) is 4.01. The summed E-state index contributed by atoms with van der Waals surface area (Å²) >= 11 is 0. The van der Waals surface area contributed by atoms with Gasteiger partial charge in [-0.3, -0.25) is 9.89 Å². The SMILES string of the molecule is CCCOc1ccc(C2c3c(-c4cc(C)ccc4O)n[nH]c3C(=O)N2C2CCS(=O)(=O)C2)cc1OCC. The second-order valence-electron chi connectivity index (χ2n) is 9.54. The first kappa shape index (κ1) is 25.1. The van der Waals surface area contributed by atoms with E-state index in [1.165, 1.54) is 0 Å². The molecule has 2 N–H and O–H groups in total. The maximum atomic E-state index is 13.7. The molecule has 1 saturated heterocycles. The monoisotopic (exact) mass is 525 g/mol. The number of rotatable bonds is 8. The van der Waals surface area contributed by atoms with Crippen LogP contribution in [0.2, 0.25) is 0 Å². The van der Waals surface area contributed by atoms with Gasteiger partial charge in [0, 0.05) is 17.2 Å². The number of aryl methyl sites for hydroxylation is 1. The minimum absolute atomic E-state index is 0.0415. The van der Waals surface area contributed by atoms with Crippen molar-refractivity contribution in [1.29, 1.82) is 0 Å². The van der Waals surface area contributed by atoms with Gasteiger partial charge in [0.25, 0.3) is 5.91 Å². The molecule has 0 saturated carbocycles. The summed E-state index contributed by atoms with van der Waals surface area (Å²) in [5.74, 6) is 0.851. The number of H-pyrrole nitrogens is 1. The zero-order valence-corrected chi connectivity index (χ0v) is 22.0. The average molecular weight is 526 g/mol. The van der Waals surface area contributed by atoms with Crippen LogP contribution in [-0.4, -0.2) is 65.3 Å². The third kappa shape index (κ3) is 4.54. The molecule has 3 aromatic rings. The molecule has 37 heavy (non-hydrogen) atoms. The largest absolute Gasteiger partial charge is 0.507 e. The number of aromatic amines is 1. The fourth-order valence-corrected chi connectivity index (χ4v) is 6.91. The Bertz CT molecular complexity index is 1450. The summed E-state index contributed by atoms with van der Waals surface area (Å²) in [7, 11) is -3.25. The molecule has 2 unspecified atom stereocenters. The first-order valence-corrected chi connectivity index (χ1v) is 14.4. The summed E-state index contributed by atoms with van der Waals surface area (Å²) in [5.41, 5.74) is 3.55. The number of sulfone groups is 1. The molecule has 2 atom stereocenters. The number of carbonyl (C=O) groups excluding carboxylic acids is 1. The highest BCUT2D eigenvalue weighted by molar-refractivity contribution is 7.91. The van der Waals surface area contributed by atoms with Gasteiger partial charge in [0.1, 0.15) is 17.1 Å². The van der Waals surface area contributed by atoms with E-state index in [1.54, 1.807) is 17.0 Å². The van der Waals surface area contributed by atoms with Crippen LogP contribution < -0.4 is 9.47 Å². The number of ether oxygens (including phenoxy) is 2. The Morgan fingerprint density at radius 3 is 2.65 bits per heavy atom. The maximum absolute atomic E-state index is 13.7. The molecule has 2 aromatic carbocycles. The third-order valence-corrected chi connectivity index (χ3v) is 8.61. The summed E-state index contributed by atoms with van der Waals surface area (Å²) < 4.78 is 36.5. The lowest BCUT2D eigenvalue weighted by Gasteiger charge is -2.31. The van der Waals surface area contributed by atoms with Crippen LogP contribution in [0.4, 0.5) is 0 Å². The highest BCUT2D eigenvalue weighted by Crippen LogP contribution is 2.47. The second kappa shape index (κ2) is 9.74. The van der Waals surface area contributed by atoms with Crippen LogP contribution >= 0.6 is 0 Å². The topological polar surface area (TPSA) is 122 Å². The number of phenolic OH excluding ortho intramolecular Hbond substituents is 1. The molecular formula is C27H31N3O6S. The number of amides is 1. The maximum Gasteiger partial charge on any atom is 0.273 e. The van der Waals surface area contributed by atoms with Gasteiger partial charge in [-0.25, -0.2) is 8.42 Å². The standard InChI is InChI=1S/C27H31N3O6S/c1-4-11-36-21-9-7-17(14-22(21)35-5-2)26-23-24(19-13-16(3)6-8-20(19)31)28-29-25(23)27(32)30(26)18-10-12-37(33,34)15-18/h6-9,13-14,18,26,31H,4-5,10-12,15H2,1-3H3,(H,28,29). The first-order valence-electron chi connectivity index (χ1n) is 12.5. The Labute approximate surface area is 216 Å². The number of fused-ring (bicyclic) bond motifs is 1. The second-order valence-corrected chi connectivity index (χ2v) is 11.8. The van der Waals surface area contributed by atoms with Crippen LogP contribution in [0.5, 0.6) is 17.2 Å². The van der Waals surface area contributed by atoms with Gasteiger partial charge < -0.3 is 19.5 Å². The smallest absolute Gasteiger partial charge is 0.273 e. The van der Waals surface area contributed by atoms with Crippen molar-refractivity contribution in [2.24, 2.45) is 0 Å². The lowest BCUT2D eigenvalue weighted by molar-refractivity contribution is 0.0677. The normalized spacial score (nSPS) is 20.3. The van der Waals surface area contributed by atoms with Gasteiger partial charge in [0.2, 0.25) is 0 Å². The summed E-state index contributed by atoms with van der Waals surface area (Å²) in [6.07, 6.45) is 1.21. The average Bonchev–Trinajstić information content (AvgIpc) is 3.53. The Hall–Kier alpha value is -3.53. The van der Waals surface area contributed by atoms with Crippen LogP contribution in [0.15, 0.2) is 36.4 Å². The zero-order valence-electron chi connectivity index (χ0n) is 21.2. The number of benzene rings is 2. The fourth-order valence-electron chi connectivity index (χ4n) is 5.20. The molecule has 196 valence electrons. The van der Waals surface area contributed by atoms with E-state index in [0.717, 1.165) is 17.5 Å². The number of hydrogen-bond acceptors (Lipinski definition) is 7. The summed E-state index contributed by atoms with van der Waals surface area (Å²) in [4.78, 5) is 15.4. The van der Waals surface area contributed by atoms with Gasteiger partial charge in [-0.05, 0) is 56.5 Å². The number of aromatic nitrogens is 2. The number of nitrogens with one attached hydrogen (secondary N) is 1. The summed E-state index contributed by atoms with van der Waals surface area (Å²) in [6, 6.07) is 9.69. The van der Waals surface area contributed by atoms with Crippen LogP contribution in [0.1, 0.15) is 59.9 Å². The number of hydrogen-bond donors (Lipinski definition) is 2. The quantitative estimate of drug-likeness (QED) is 0.456. The molecule has 9 nitrogen and oxygen atoms in total. The van der Waals surface area contributed by atoms with Gasteiger partial charge in [-0.15, -0.1) is 0 Å². The lowest BCUT2D eigenvalue weighted by Crippen LogP contribution is -2.40. The van der Waals surface area contributed by atoms with Crippen LogP contribution in [0.25, 0.3) is 11.3 Å². The van der Waals surface area contributed by atoms with Crippen molar-refractivity contribution < 1.29 is 27.8 Å². The summed E-state index contributed by atoms with van der Waals surface area (Å²) in [6.45, 7) is 6.79. The molecule has 0 aliphatic carbocycles. The van der Waals surface area contributed by atoms with Crippen molar-refractivity contribution >= 4 is 15.7 Å². The van der Waals surface area contributed by atoms with Gasteiger partial charge in [-0.2, -0.15) is 5.10 Å². The Morgan fingerprint density at radius 2 is 1.95 bits per heavy atom. The third-order valence-electron chi connectivity index (χ3n) is 6.86. The van der Waals surface area contributed by atoms with Crippen molar-refractivity contribution in [3.8, 4) is 28.5 Å². The number of nitrogens with zero attached hydrogens (tertiary/aromatic N) is 2. The molecule has 2 aliphatic heterocycles. The molecule has 3 heterocycles.